The summed E-state index contributed by atoms with van der Waals surface area (Å²) in [5.74, 6) is 0. The highest BCUT2D eigenvalue weighted by molar-refractivity contribution is 4.74. The highest BCUT2D eigenvalue weighted by atomic mass is 16.5. The van der Waals surface area contributed by atoms with Gasteiger partial charge in [-0.15, -0.1) is 0 Å². The predicted molar refractivity (Wildman–Crippen MR) is 64.2 cm³/mol. The van der Waals surface area contributed by atoms with E-state index in [0.717, 1.165) is 39.2 Å². The minimum Gasteiger partial charge on any atom is -0.383 e. The smallest absolute Gasteiger partial charge is 0.0945 e. The van der Waals surface area contributed by atoms with E-state index in [2.05, 4.69) is 14.5 Å². The molecule has 1 rings (SSSR count). The van der Waals surface area contributed by atoms with E-state index in [4.69, 9.17) is 10.5 Å². The number of hydrogen-bond donors (Lipinski definition) is 1. The van der Waals surface area contributed by atoms with E-state index in [1.807, 2.05) is 18.7 Å². The molecule has 0 saturated carbocycles. The van der Waals surface area contributed by atoms with Crippen LogP contribution in [0.5, 0.6) is 0 Å². The monoisotopic (exact) mass is 226 g/mol. The van der Waals surface area contributed by atoms with E-state index in [1.54, 1.807) is 7.11 Å². The minimum atomic E-state index is 0.703. The van der Waals surface area contributed by atoms with E-state index in [1.165, 1.54) is 0 Å². The molecule has 92 valence electrons. The summed E-state index contributed by atoms with van der Waals surface area (Å²) in [5.41, 5.74) is 5.57. The summed E-state index contributed by atoms with van der Waals surface area (Å²) in [7, 11) is 1.73. The molecule has 5 heteroatoms. The zero-order valence-corrected chi connectivity index (χ0v) is 10.0. The molecule has 1 aromatic rings. The number of nitrogens with zero attached hydrogens (tertiary/aromatic N) is 3. The van der Waals surface area contributed by atoms with Gasteiger partial charge in [0.1, 0.15) is 0 Å². The normalized spacial score (nSPS) is 11.2. The van der Waals surface area contributed by atoms with Gasteiger partial charge in [0.05, 0.1) is 12.9 Å². The zero-order valence-electron chi connectivity index (χ0n) is 10.0. The topological polar surface area (TPSA) is 56.3 Å². The summed E-state index contributed by atoms with van der Waals surface area (Å²) < 4.78 is 7.17. The second-order valence-corrected chi connectivity index (χ2v) is 3.78. The van der Waals surface area contributed by atoms with Crippen molar-refractivity contribution in [1.29, 1.82) is 0 Å². The molecule has 0 spiro atoms. The van der Waals surface area contributed by atoms with E-state index in [-0.39, 0.29) is 0 Å². The van der Waals surface area contributed by atoms with Gasteiger partial charge in [-0.2, -0.15) is 0 Å². The highest BCUT2D eigenvalue weighted by Crippen LogP contribution is 1.95. The molecule has 0 aliphatic carbocycles. The fraction of sp³-hybridized carbons (Fsp3) is 0.727. The maximum Gasteiger partial charge on any atom is 0.0945 e. The third-order valence-corrected chi connectivity index (χ3v) is 2.51. The second-order valence-electron chi connectivity index (χ2n) is 3.78. The molecule has 0 amide bonds. The standard InChI is InChI=1S/C11H22N4O/c1-16-10-9-14(7-3-12)5-2-6-15-8-4-13-11-15/h4,8,11H,2-3,5-7,9-10,12H2,1H3. The molecule has 0 saturated heterocycles. The molecule has 1 aromatic heterocycles. The second kappa shape index (κ2) is 8.27. The van der Waals surface area contributed by atoms with Crippen LogP contribution in [0.15, 0.2) is 18.7 Å². The molecule has 16 heavy (non-hydrogen) atoms. The lowest BCUT2D eigenvalue weighted by atomic mass is 10.3. The van der Waals surface area contributed by atoms with Gasteiger partial charge in [0.2, 0.25) is 0 Å². The maximum atomic E-state index is 5.57. The SMILES string of the molecule is COCCN(CCN)CCCn1ccnc1. The number of aryl methyl sites for hydroxylation is 1. The van der Waals surface area contributed by atoms with E-state index in [9.17, 15) is 0 Å². The molecular formula is C11H22N4O. The first-order valence-corrected chi connectivity index (χ1v) is 5.74. The molecule has 0 aromatic carbocycles. The first kappa shape index (κ1) is 13.2. The Bertz CT molecular complexity index is 250. The van der Waals surface area contributed by atoms with Crippen molar-refractivity contribution in [2.45, 2.75) is 13.0 Å². The Kier molecular flexibility index (Phi) is 6.80. The Labute approximate surface area is 97.2 Å². The van der Waals surface area contributed by atoms with Crippen LogP contribution in [0.2, 0.25) is 0 Å². The zero-order chi connectivity index (χ0) is 11.6. The van der Waals surface area contributed by atoms with Crippen molar-refractivity contribution in [1.82, 2.24) is 14.5 Å². The molecule has 0 aliphatic heterocycles. The van der Waals surface area contributed by atoms with Crippen LogP contribution in [0.25, 0.3) is 0 Å². The Balaban J connectivity index is 2.15. The molecule has 0 atom stereocenters. The molecule has 0 fully saturated rings. The molecule has 0 radical (unpaired) electrons. The quantitative estimate of drug-likeness (QED) is 0.652. The van der Waals surface area contributed by atoms with Crippen molar-refractivity contribution < 1.29 is 4.74 Å². The van der Waals surface area contributed by atoms with Crippen LogP contribution in [-0.4, -0.2) is 54.3 Å². The van der Waals surface area contributed by atoms with Crippen LogP contribution < -0.4 is 5.73 Å². The van der Waals surface area contributed by atoms with Crippen LogP contribution >= 0.6 is 0 Å². The summed E-state index contributed by atoms with van der Waals surface area (Å²) in [6.45, 7) is 5.43. The van der Waals surface area contributed by atoms with Crippen LogP contribution in [0.3, 0.4) is 0 Å². The average molecular weight is 226 g/mol. The van der Waals surface area contributed by atoms with Crippen LogP contribution in [0.4, 0.5) is 0 Å². The number of rotatable bonds is 9. The fourth-order valence-corrected chi connectivity index (χ4v) is 1.63. The predicted octanol–water partition coefficient (Wildman–Crippen LogP) is 0.180. The van der Waals surface area contributed by atoms with Crippen molar-refractivity contribution in [3.63, 3.8) is 0 Å². The van der Waals surface area contributed by atoms with Gasteiger partial charge in [-0.3, -0.25) is 4.90 Å². The summed E-state index contributed by atoms with van der Waals surface area (Å²) in [6.07, 6.45) is 6.76. The van der Waals surface area contributed by atoms with Crippen molar-refractivity contribution in [3.05, 3.63) is 18.7 Å². The van der Waals surface area contributed by atoms with Crippen LogP contribution in [0, 0.1) is 0 Å². The number of imidazole rings is 1. The molecular weight excluding hydrogens is 204 g/mol. The largest absolute Gasteiger partial charge is 0.383 e. The first-order chi connectivity index (χ1) is 7.86. The average Bonchev–Trinajstić information content (AvgIpc) is 2.79. The maximum absolute atomic E-state index is 5.57. The lowest BCUT2D eigenvalue weighted by Crippen LogP contribution is -2.33. The Morgan fingerprint density at radius 3 is 2.88 bits per heavy atom. The number of ether oxygens (including phenoxy) is 1. The van der Waals surface area contributed by atoms with Gasteiger partial charge < -0.3 is 15.0 Å². The number of aromatic nitrogens is 2. The Morgan fingerprint density at radius 2 is 2.25 bits per heavy atom. The Morgan fingerprint density at radius 1 is 1.38 bits per heavy atom. The van der Waals surface area contributed by atoms with Gasteiger partial charge >= 0.3 is 0 Å². The third-order valence-electron chi connectivity index (χ3n) is 2.51. The fourth-order valence-electron chi connectivity index (χ4n) is 1.63. The molecule has 2 N–H and O–H groups in total. The Hall–Kier alpha value is -0.910. The molecule has 0 unspecified atom stereocenters. The van der Waals surface area contributed by atoms with Gasteiger partial charge in [-0.1, -0.05) is 0 Å². The number of nitrogens with two attached hydrogens (primary N) is 1. The van der Waals surface area contributed by atoms with E-state index in [0.29, 0.717) is 6.54 Å². The van der Waals surface area contributed by atoms with Gasteiger partial charge in [0, 0.05) is 45.7 Å². The van der Waals surface area contributed by atoms with E-state index >= 15 is 0 Å². The minimum absolute atomic E-state index is 0.703. The molecule has 0 aliphatic rings. The van der Waals surface area contributed by atoms with Gasteiger partial charge in [0.25, 0.3) is 0 Å². The number of hydrogen-bond acceptors (Lipinski definition) is 4. The summed E-state index contributed by atoms with van der Waals surface area (Å²) in [5, 5.41) is 0. The highest BCUT2D eigenvalue weighted by Gasteiger charge is 2.02. The number of methoxy groups -OCH3 is 1. The molecule has 1 heterocycles. The van der Waals surface area contributed by atoms with Crippen LogP contribution in [-0.2, 0) is 11.3 Å². The summed E-state index contributed by atoms with van der Waals surface area (Å²) in [4.78, 5) is 6.35. The molecule has 5 nitrogen and oxygen atoms in total. The van der Waals surface area contributed by atoms with Crippen molar-refractivity contribution in [3.8, 4) is 0 Å². The lowest BCUT2D eigenvalue weighted by Gasteiger charge is -2.20. The van der Waals surface area contributed by atoms with Crippen LogP contribution in [0.1, 0.15) is 6.42 Å². The van der Waals surface area contributed by atoms with Crippen molar-refractivity contribution in [2.75, 3.05) is 39.9 Å². The first-order valence-electron chi connectivity index (χ1n) is 5.74. The van der Waals surface area contributed by atoms with Gasteiger partial charge in [-0.25, -0.2) is 4.98 Å². The van der Waals surface area contributed by atoms with Gasteiger partial charge in [0.15, 0.2) is 0 Å². The third kappa shape index (κ3) is 5.25. The van der Waals surface area contributed by atoms with E-state index < -0.39 is 0 Å². The molecule has 0 bridgehead atoms. The lowest BCUT2D eigenvalue weighted by molar-refractivity contribution is 0.148. The summed E-state index contributed by atoms with van der Waals surface area (Å²) in [6, 6.07) is 0. The van der Waals surface area contributed by atoms with Crippen molar-refractivity contribution in [2.24, 2.45) is 5.73 Å². The van der Waals surface area contributed by atoms with Gasteiger partial charge in [-0.05, 0) is 13.0 Å². The van der Waals surface area contributed by atoms with Crippen molar-refractivity contribution >= 4 is 0 Å². The summed E-state index contributed by atoms with van der Waals surface area (Å²) >= 11 is 0.